The van der Waals surface area contributed by atoms with Crippen LogP contribution in [0.3, 0.4) is 0 Å². The van der Waals surface area contributed by atoms with Crippen molar-refractivity contribution in [3.63, 3.8) is 0 Å². The van der Waals surface area contributed by atoms with Crippen molar-refractivity contribution in [3.8, 4) is 0 Å². The van der Waals surface area contributed by atoms with E-state index in [0.29, 0.717) is 39.4 Å². The molecule has 1 saturated heterocycles. The van der Waals surface area contributed by atoms with Gasteiger partial charge in [-0.15, -0.1) is 0 Å². The number of aromatic nitrogens is 3. The number of benzene rings is 1. The third-order valence-corrected chi connectivity index (χ3v) is 6.37. The second-order valence-electron chi connectivity index (χ2n) is 8.81. The molecule has 9 nitrogen and oxygen atoms in total. The van der Waals surface area contributed by atoms with Crippen molar-refractivity contribution in [1.29, 1.82) is 0 Å². The Kier molecular flexibility index (Phi) is 6.60. The Bertz CT molecular complexity index is 1320. The van der Waals surface area contributed by atoms with Crippen molar-refractivity contribution < 1.29 is 27.2 Å². The van der Waals surface area contributed by atoms with E-state index in [1.54, 1.807) is 11.7 Å². The molecule has 3 amide bonds. The number of carbonyl (C=O) groups excluding carboxylic acids is 2. The summed E-state index contributed by atoms with van der Waals surface area (Å²) in [6.07, 6.45) is -2.64. The lowest BCUT2D eigenvalue weighted by molar-refractivity contribution is -0.140. The van der Waals surface area contributed by atoms with Crippen LogP contribution in [0.2, 0.25) is 0 Å². The van der Waals surface area contributed by atoms with E-state index in [2.05, 4.69) is 20.3 Å². The highest BCUT2D eigenvalue weighted by Crippen LogP contribution is 2.38. The first-order valence-electron chi connectivity index (χ1n) is 11.1. The molecule has 3 heterocycles. The summed E-state index contributed by atoms with van der Waals surface area (Å²) in [6.45, 7) is 3.48. The fourth-order valence-electron chi connectivity index (χ4n) is 4.54. The number of fused-ring (bicyclic) bond motifs is 1. The van der Waals surface area contributed by atoms with Crippen LogP contribution in [0.4, 0.5) is 39.4 Å². The summed E-state index contributed by atoms with van der Waals surface area (Å²) in [5.41, 5.74) is 0.115. The highest BCUT2D eigenvalue weighted by atomic mass is 19.4. The summed E-state index contributed by atoms with van der Waals surface area (Å²) in [7, 11) is 5.64. The Hall–Kier alpha value is -3.74. The summed E-state index contributed by atoms with van der Waals surface area (Å²) in [5, 5.41) is 7.73. The van der Waals surface area contributed by atoms with Crippen LogP contribution >= 0.6 is 0 Å². The smallest absolute Gasteiger partial charge is 0.368 e. The highest BCUT2D eigenvalue weighted by molar-refractivity contribution is 6.14. The first-order chi connectivity index (χ1) is 16.9. The number of alkyl halides is 3. The molecular formula is C23H25F4N7O2. The number of carbonyl (C=O) groups is 2. The van der Waals surface area contributed by atoms with Gasteiger partial charge in [0, 0.05) is 26.7 Å². The zero-order chi connectivity index (χ0) is 26.4. The zero-order valence-corrected chi connectivity index (χ0v) is 20.1. The number of nitrogens with zero attached hydrogens (tertiary/aromatic N) is 6. The molecule has 13 heteroatoms. The van der Waals surface area contributed by atoms with Crippen LogP contribution in [0.1, 0.15) is 17.7 Å². The minimum atomic E-state index is -5.00. The molecular weight excluding hydrogens is 482 g/mol. The first kappa shape index (κ1) is 25.4. The maximum Gasteiger partial charge on any atom is 0.419 e. The van der Waals surface area contributed by atoms with Crippen molar-refractivity contribution in [2.75, 3.05) is 42.3 Å². The van der Waals surface area contributed by atoms with Gasteiger partial charge in [-0.25, -0.2) is 19.1 Å². The summed E-state index contributed by atoms with van der Waals surface area (Å²) in [4.78, 5) is 33.9. The second-order valence-corrected chi connectivity index (χ2v) is 8.81. The van der Waals surface area contributed by atoms with E-state index < -0.39 is 29.3 Å². The average molecular weight is 507 g/mol. The number of urea groups is 1. The quantitative estimate of drug-likeness (QED) is 0.418. The number of imide groups is 1. The minimum absolute atomic E-state index is 0.0688. The molecule has 1 N–H and O–H groups in total. The number of likely N-dealkylation sites (N-methyl/N-ethyl adjacent to an activating group) is 2. The Labute approximate surface area is 204 Å². The maximum atomic E-state index is 13.7. The average Bonchev–Trinajstić information content (AvgIpc) is 3.36. The third kappa shape index (κ3) is 4.57. The van der Waals surface area contributed by atoms with E-state index in [-0.39, 0.29) is 18.1 Å². The Morgan fingerprint density at radius 3 is 2.61 bits per heavy atom. The molecule has 1 aliphatic rings. The molecule has 0 radical (unpaired) electrons. The van der Waals surface area contributed by atoms with Gasteiger partial charge in [-0.1, -0.05) is 0 Å². The predicted octanol–water partition coefficient (Wildman–Crippen LogP) is 3.77. The van der Waals surface area contributed by atoms with E-state index in [0.717, 1.165) is 25.6 Å². The normalized spacial score (nSPS) is 16.4. The second kappa shape index (κ2) is 9.37. The first-order valence-corrected chi connectivity index (χ1v) is 11.1. The molecule has 3 aromatic rings. The molecule has 4 rings (SSSR count). The maximum absolute atomic E-state index is 13.7. The number of anilines is 3. The number of aryl methyl sites for hydroxylation is 2. The van der Waals surface area contributed by atoms with Gasteiger partial charge < -0.3 is 15.1 Å². The lowest BCUT2D eigenvalue weighted by atomic mass is 10.1. The summed E-state index contributed by atoms with van der Waals surface area (Å²) in [5.74, 6) is -1.51. The number of halogens is 4. The molecule has 1 atom stereocenters. The van der Waals surface area contributed by atoms with Crippen LogP contribution in [0.5, 0.6) is 0 Å². The van der Waals surface area contributed by atoms with Gasteiger partial charge in [0.2, 0.25) is 6.41 Å². The van der Waals surface area contributed by atoms with Gasteiger partial charge in [-0.05, 0) is 45.1 Å². The van der Waals surface area contributed by atoms with E-state index in [9.17, 15) is 27.2 Å². The number of likely N-dealkylation sites (tertiary alicyclic amines) is 1. The number of pyridine rings is 1. The van der Waals surface area contributed by atoms with Gasteiger partial charge in [0.25, 0.3) is 0 Å². The van der Waals surface area contributed by atoms with Gasteiger partial charge >= 0.3 is 12.2 Å². The number of nitrogens with one attached hydrogen (secondary N) is 1. The molecule has 2 aromatic heterocycles. The number of hydrogen-bond acceptors (Lipinski definition) is 6. The highest BCUT2D eigenvalue weighted by Gasteiger charge is 2.35. The van der Waals surface area contributed by atoms with E-state index in [4.69, 9.17) is 0 Å². The van der Waals surface area contributed by atoms with Gasteiger partial charge in [-0.3, -0.25) is 9.48 Å². The molecule has 192 valence electrons. The van der Waals surface area contributed by atoms with E-state index >= 15 is 0 Å². The zero-order valence-electron chi connectivity index (χ0n) is 20.1. The monoisotopic (exact) mass is 507 g/mol. The van der Waals surface area contributed by atoms with Crippen LogP contribution in [-0.2, 0) is 18.0 Å². The van der Waals surface area contributed by atoms with Gasteiger partial charge in [0.05, 0.1) is 39.9 Å². The van der Waals surface area contributed by atoms with Crippen molar-refractivity contribution in [1.82, 2.24) is 19.7 Å². The largest absolute Gasteiger partial charge is 0.419 e. The van der Waals surface area contributed by atoms with Gasteiger partial charge in [-0.2, -0.15) is 18.3 Å². The van der Waals surface area contributed by atoms with Crippen LogP contribution < -0.4 is 15.1 Å². The van der Waals surface area contributed by atoms with Crippen molar-refractivity contribution >= 4 is 40.5 Å². The topological polar surface area (TPSA) is 86.6 Å². The molecule has 1 aromatic carbocycles. The van der Waals surface area contributed by atoms with Crippen LogP contribution in [0.15, 0.2) is 24.4 Å². The van der Waals surface area contributed by atoms with Crippen LogP contribution in [0.25, 0.3) is 11.0 Å². The molecule has 0 bridgehead atoms. The van der Waals surface area contributed by atoms with Gasteiger partial charge in [0.1, 0.15) is 5.82 Å². The minimum Gasteiger partial charge on any atom is -0.368 e. The van der Waals surface area contributed by atoms with Crippen LogP contribution in [0, 0.1) is 12.7 Å². The molecule has 1 unspecified atom stereocenters. The Balaban J connectivity index is 1.74. The molecule has 0 saturated carbocycles. The van der Waals surface area contributed by atoms with E-state index in [1.807, 2.05) is 25.9 Å². The van der Waals surface area contributed by atoms with Crippen molar-refractivity contribution in [2.24, 2.45) is 7.05 Å². The lowest BCUT2D eigenvalue weighted by Crippen LogP contribution is -2.37. The SMILES string of the molecule is Cc1nn(C)c2ncc(NC(=O)N(C=O)c3ccc(F)c(C(F)(F)F)c3)c(N(C)C3CCN(C)C3)c12. The molecule has 0 aliphatic carbocycles. The standard InChI is InChI=1S/C23H25F4N7O2/c1-13-19-20(32(3)15-7-8-31(2)11-15)18(10-28-21(19)33(4)30-13)29-22(36)34(12-35)14-5-6-17(24)16(9-14)23(25,26)27/h5-6,9-10,12,15H,7-8,11H2,1-4H3,(H,29,36). The summed E-state index contributed by atoms with van der Waals surface area (Å²) >= 11 is 0. The van der Waals surface area contributed by atoms with Gasteiger partial charge in [0.15, 0.2) is 5.65 Å². The van der Waals surface area contributed by atoms with Crippen LogP contribution in [-0.4, -0.2) is 65.3 Å². The van der Waals surface area contributed by atoms with E-state index in [1.165, 1.54) is 6.20 Å². The molecule has 1 fully saturated rings. The predicted molar refractivity (Wildman–Crippen MR) is 127 cm³/mol. The summed E-state index contributed by atoms with van der Waals surface area (Å²) in [6, 6.07) is 0.990. The molecule has 0 spiro atoms. The third-order valence-electron chi connectivity index (χ3n) is 6.37. The fourth-order valence-corrected chi connectivity index (χ4v) is 4.54. The Morgan fingerprint density at radius 2 is 2.00 bits per heavy atom. The summed E-state index contributed by atoms with van der Waals surface area (Å²) < 4.78 is 54.9. The number of amides is 3. The number of rotatable bonds is 5. The number of hydrogen-bond donors (Lipinski definition) is 1. The lowest BCUT2D eigenvalue weighted by Gasteiger charge is -2.30. The fraction of sp³-hybridized carbons (Fsp3) is 0.391. The van der Waals surface area contributed by atoms with Crippen molar-refractivity contribution in [2.45, 2.75) is 25.6 Å². The molecule has 36 heavy (non-hydrogen) atoms. The Morgan fingerprint density at radius 1 is 1.28 bits per heavy atom. The van der Waals surface area contributed by atoms with Crippen molar-refractivity contribution in [3.05, 3.63) is 41.5 Å². The molecule has 1 aliphatic heterocycles.